The third-order valence-electron chi connectivity index (χ3n) is 2.83. The Kier molecular flexibility index (Phi) is 4.42. The number of nitrogens with zero attached hydrogens (tertiary/aromatic N) is 2. The number of nitrogen functional groups attached to an aromatic ring is 1. The van der Waals surface area contributed by atoms with Crippen LogP contribution in [0.4, 0.5) is 10.2 Å². The quantitative estimate of drug-likeness (QED) is 0.485. The van der Waals surface area contributed by atoms with E-state index in [9.17, 15) is 13.8 Å². The topological polar surface area (TPSA) is 157 Å². The van der Waals surface area contributed by atoms with Gasteiger partial charge in [0.2, 0.25) is 0 Å². The van der Waals surface area contributed by atoms with Crippen molar-refractivity contribution in [2.75, 3.05) is 12.3 Å². The van der Waals surface area contributed by atoms with Crippen molar-refractivity contribution in [3.63, 3.8) is 0 Å². The van der Waals surface area contributed by atoms with Crippen molar-refractivity contribution in [3.8, 4) is 0 Å². The molecule has 10 nitrogen and oxygen atoms in total. The van der Waals surface area contributed by atoms with Crippen LogP contribution in [-0.4, -0.2) is 49.4 Å². The van der Waals surface area contributed by atoms with E-state index in [1.807, 2.05) is 0 Å². The number of aromatic nitrogens is 2. The highest BCUT2D eigenvalue weighted by Gasteiger charge is 2.49. The van der Waals surface area contributed by atoms with Crippen LogP contribution in [0.1, 0.15) is 6.23 Å². The van der Waals surface area contributed by atoms with Gasteiger partial charge in [-0.15, -0.1) is 0 Å². The summed E-state index contributed by atoms with van der Waals surface area (Å²) in [6.45, 7) is -0.751. The summed E-state index contributed by atoms with van der Waals surface area (Å²) in [7, 11) is -4.99. The minimum atomic E-state index is -4.99. The van der Waals surface area contributed by atoms with Crippen LogP contribution in [0.15, 0.2) is 17.1 Å². The first-order chi connectivity index (χ1) is 9.73. The number of phosphoric acid groups is 1. The predicted molar refractivity (Wildman–Crippen MR) is 65.7 cm³/mol. The molecule has 0 aromatic carbocycles. The molecule has 0 spiro atoms. The van der Waals surface area contributed by atoms with Gasteiger partial charge < -0.3 is 25.4 Å². The molecular weight excluding hydrogens is 312 g/mol. The highest BCUT2D eigenvalue weighted by atomic mass is 31.2. The molecule has 4 atom stereocenters. The Hall–Kier alpha value is -1.36. The zero-order valence-corrected chi connectivity index (χ0v) is 11.3. The van der Waals surface area contributed by atoms with Crippen molar-refractivity contribution >= 4 is 13.6 Å². The van der Waals surface area contributed by atoms with Gasteiger partial charge in [0.05, 0.1) is 6.61 Å². The lowest BCUT2D eigenvalue weighted by Crippen LogP contribution is -2.35. The highest BCUT2D eigenvalue weighted by molar-refractivity contribution is 7.46. The molecule has 0 saturated carbocycles. The van der Waals surface area contributed by atoms with E-state index < -0.39 is 44.7 Å². The van der Waals surface area contributed by atoms with Gasteiger partial charge in [-0.3, -0.25) is 9.09 Å². The molecule has 1 saturated heterocycles. The summed E-state index contributed by atoms with van der Waals surface area (Å²) in [5.74, 6) is -0.0774. The third kappa shape index (κ3) is 3.46. The molecule has 0 aliphatic carbocycles. The zero-order chi connectivity index (χ0) is 15.8. The molecule has 1 aliphatic heterocycles. The van der Waals surface area contributed by atoms with E-state index >= 15 is 0 Å². The predicted octanol–water partition coefficient (Wildman–Crippen LogP) is -1.47. The molecule has 1 aromatic heterocycles. The monoisotopic (exact) mass is 325 g/mol. The van der Waals surface area contributed by atoms with Crippen LogP contribution in [0.25, 0.3) is 0 Å². The minimum Gasteiger partial charge on any atom is -0.394 e. The van der Waals surface area contributed by atoms with Gasteiger partial charge in [-0.05, 0) is 6.07 Å². The van der Waals surface area contributed by atoms with Crippen molar-refractivity contribution < 1.29 is 33.1 Å². The number of aliphatic hydroxyl groups is 1. The van der Waals surface area contributed by atoms with Crippen molar-refractivity contribution in [3.05, 3.63) is 22.7 Å². The number of halogens is 1. The van der Waals surface area contributed by atoms with Gasteiger partial charge in [-0.2, -0.15) is 4.98 Å². The number of rotatable bonds is 4. The molecule has 12 heteroatoms. The molecule has 1 aliphatic rings. The second-order valence-corrected chi connectivity index (χ2v) is 5.49. The zero-order valence-electron chi connectivity index (χ0n) is 10.4. The maximum atomic E-state index is 14.3. The molecule has 2 rings (SSSR count). The molecule has 1 aromatic rings. The molecule has 0 amide bonds. The van der Waals surface area contributed by atoms with E-state index in [1.54, 1.807) is 0 Å². The van der Waals surface area contributed by atoms with Gasteiger partial charge in [0.25, 0.3) is 0 Å². The number of nitrogens with two attached hydrogens (primary N) is 1. The maximum absolute atomic E-state index is 14.3. The van der Waals surface area contributed by atoms with Crippen LogP contribution < -0.4 is 11.4 Å². The van der Waals surface area contributed by atoms with E-state index in [0.29, 0.717) is 0 Å². The van der Waals surface area contributed by atoms with Gasteiger partial charge in [0.15, 0.2) is 12.4 Å². The number of alkyl halides is 1. The Balaban J connectivity index is 2.31. The van der Waals surface area contributed by atoms with Crippen LogP contribution in [-0.2, 0) is 13.8 Å². The fraction of sp³-hybridized carbons (Fsp3) is 0.556. The van der Waals surface area contributed by atoms with Gasteiger partial charge in [-0.25, -0.2) is 13.8 Å². The number of hydrogen-bond acceptors (Lipinski definition) is 7. The fourth-order valence-corrected chi connectivity index (χ4v) is 2.54. The number of hydrogen-bond donors (Lipinski definition) is 4. The summed E-state index contributed by atoms with van der Waals surface area (Å²) in [4.78, 5) is 32.5. The smallest absolute Gasteiger partial charge is 0.394 e. The second-order valence-electron chi connectivity index (χ2n) is 4.29. The maximum Gasteiger partial charge on any atom is 0.470 e. The fourth-order valence-electron chi connectivity index (χ4n) is 1.97. The Morgan fingerprint density at radius 2 is 2.24 bits per heavy atom. The van der Waals surface area contributed by atoms with E-state index in [-0.39, 0.29) is 5.82 Å². The van der Waals surface area contributed by atoms with Gasteiger partial charge >= 0.3 is 13.5 Å². The lowest BCUT2D eigenvalue weighted by atomic mass is 10.1. The normalized spacial score (nSPS) is 29.7. The summed E-state index contributed by atoms with van der Waals surface area (Å²) >= 11 is 0. The summed E-state index contributed by atoms with van der Waals surface area (Å²) in [6.07, 6.45) is -5.60. The average molecular weight is 325 g/mol. The number of phosphoric ester groups is 1. The van der Waals surface area contributed by atoms with Gasteiger partial charge in [-0.1, -0.05) is 0 Å². The summed E-state index contributed by atoms with van der Waals surface area (Å²) in [5.41, 5.74) is 4.39. The van der Waals surface area contributed by atoms with Crippen molar-refractivity contribution in [2.45, 2.75) is 24.6 Å². The van der Waals surface area contributed by atoms with Crippen LogP contribution in [0.3, 0.4) is 0 Å². The first-order valence-electron chi connectivity index (χ1n) is 5.72. The Morgan fingerprint density at radius 1 is 1.57 bits per heavy atom. The van der Waals surface area contributed by atoms with Crippen LogP contribution in [0.5, 0.6) is 0 Å². The molecule has 118 valence electrons. The van der Waals surface area contributed by atoms with Gasteiger partial charge in [0, 0.05) is 6.20 Å². The number of anilines is 1. The molecule has 5 N–H and O–H groups in total. The van der Waals surface area contributed by atoms with Crippen LogP contribution in [0.2, 0.25) is 0 Å². The number of ether oxygens (including phenoxy) is 1. The van der Waals surface area contributed by atoms with Crippen molar-refractivity contribution in [1.29, 1.82) is 0 Å². The van der Waals surface area contributed by atoms with Gasteiger partial charge in [0.1, 0.15) is 18.0 Å². The Morgan fingerprint density at radius 3 is 2.76 bits per heavy atom. The van der Waals surface area contributed by atoms with Crippen LogP contribution >= 0.6 is 7.82 Å². The Labute approximate surface area is 117 Å². The van der Waals surface area contributed by atoms with Crippen molar-refractivity contribution in [1.82, 2.24) is 9.55 Å². The molecule has 0 bridgehead atoms. The summed E-state index contributed by atoms with van der Waals surface area (Å²) < 4.78 is 35.2. The summed E-state index contributed by atoms with van der Waals surface area (Å²) in [5, 5.41) is 9.08. The molecule has 2 heterocycles. The summed E-state index contributed by atoms with van der Waals surface area (Å²) in [6, 6.07) is 1.22. The van der Waals surface area contributed by atoms with E-state index in [1.165, 1.54) is 6.07 Å². The standard InChI is InChI=1S/C9H13FN3O7P/c10-6-7(20-21(16,17)18)4(3-14)19-8(6)13-2-1-5(11)12-9(13)15/h1-2,4,6-8,14H,3H2,(H2,11,12,15)(H2,16,17,18)/t4-,6+,7-,8-/m1/s1. The van der Waals surface area contributed by atoms with Crippen molar-refractivity contribution in [2.24, 2.45) is 0 Å². The average Bonchev–Trinajstić information content (AvgIpc) is 2.65. The van der Waals surface area contributed by atoms with Crippen LogP contribution in [0, 0.1) is 0 Å². The SMILES string of the molecule is Nc1ccn([C@@H]2O[C@H](CO)[C@@H](OP(=O)(O)O)[C@@H]2F)c(=O)n1. The molecule has 21 heavy (non-hydrogen) atoms. The highest BCUT2D eigenvalue weighted by Crippen LogP contribution is 2.44. The van der Waals surface area contributed by atoms with E-state index in [0.717, 1.165) is 10.8 Å². The molecule has 0 unspecified atom stereocenters. The lowest BCUT2D eigenvalue weighted by Gasteiger charge is -2.18. The number of aliphatic hydroxyl groups excluding tert-OH is 1. The third-order valence-corrected chi connectivity index (χ3v) is 3.35. The lowest BCUT2D eigenvalue weighted by molar-refractivity contribution is -0.0486. The second kappa shape index (κ2) is 5.79. The first kappa shape index (κ1) is 16.0. The molecule has 1 fully saturated rings. The molecular formula is C9H13FN3O7P. The van der Waals surface area contributed by atoms with E-state index in [4.69, 9.17) is 25.4 Å². The minimum absolute atomic E-state index is 0.0774. The largest absolute Gasteiger partial charge is 0.470 e. The first-order valence-corrected chi connectivity index (χ1v) is 7.25. The Bertz CT molecular complexity index is 620. The van der Waals surface area contributed by atoms with E-state index in [2.05, 4.69) is 9.51 Å². The molecule has 0 radical (unpaired) electrons.